The number of halogens is 1. The number of aliphatic hydroxyl groups is 1. The molecule has 102 valence electrons. The minimum atomic E-state index is -0.695. The molecular formula is C14H23ClN2O. The lowest BCUT2D eigenvalue weighted by Gasteiger charge is -2.31. The average molecular weight is 271 g/mol. The molecule has 0 amide bonds. The number of nitrogens with zero attached hydrogens (tertiary/aromatic N) is 1. The van der Waals surface area contributed by atoms with Crippen molar-refractivity contribution in [3.63, 3.8) is 0 Å². The van der Waals surface area contributed by atoms with E-state index in [1.165, 1.54) is 0 Å². The van der Waals surface area contributed by atoms with E-state index in [4.69, 9.17) is 11.6 Å². The highest BCUT2D eigenvalue weighted by Crippen LogP contribution is 2.21. The van der Waals surface area contributed by atoms with Gasteiger partial charge in [-0.15, -0.1) is 0 Å². The van der Waals surface area contributed by atoms with Crippen molar-refractivity contribution in [2.24, 2.45) is 5.92 Å². The first-order valence-corrected chi connectivity index (χ1v) is 6.81. The van der Waals surface area contributed by atoms with Crippen LogP contribution < -0.4 is 5.32 Å². The molecule has 2 N–H and O–H groups in total. The first kappa shape index (κ1) is 15.4. The number of rotatable bonds is 6. The fourth-order valence-electron chi connectivity index (χ4n) is 1.78. The summed E-state index contributed by atoms with van der Waals surface area (Å²) in [6, 6.07) is 3.92. The lowest BCUT2D eigenvalue weighted by molar-refractivity contribution is 0.00365. The first-order valence-electron chi connectivity index (χ1n) is 6.44. The van der Waals surface area contributed by atoms with Crippen LogP contribution in [0.15, 0.2) is 18.3 Å². The SMILES string of the molecule is CCC(C)C(C)(O)CNC(C)c1ccnc(Cl)c1. The normalized spacial score (nSPS) is 18.1. The summed E-state index contributed by atoms with van der Waals surface area (Å²) in [6.45, 7) is 8.64. The summed E-state index contributed by atoms with van der Waals surface area (Å²) in [4.78, 5) is 3.96. The van der Waals surface area contributed by atoms with E-state index in [-0.39, 0.29) is 12.0 Å². The molecule has 1 rings (SSSR count). The van der Waals surface area contributed by atoms with Crippen LogP contribution in [0.1, 0.15) is 45.7 Å². The van der Waals surface area contributed by atoms with Crippen LogP contribution in [0, 0.1) is 5.92 Å². The van der Waals surface area contributed by atoms with E-state index in [9.17, 15) is 5.11 Å². The fourth-order valence-corrected chi connectivity index (χ4v) is 1.96. The molecule has 3 nitrogen and oxygen atoms in total. The lowest BCUT2D eigenvalue weighted by atomic mass is 9.88. The molecular weight excluding hydrogens is 248 g/mol. The molecule has 18 heavy (non-hydrogen) atoms. The van der Waals surface area contributed by atoms with Crippen LogP contribution >= 0.6 is 11.6 Å². The molecule has 0 aliphatic heterocycles. The largest absolute Gasteiger partial charge is 0.389 e. The van der Waals surface area contributed by atoms with Crippen molar-refractivity contribution >= 4 is 11.6 Å². The van der Waals surface area contributed by atoms with E-state index in [1.807, 2.05) is 19.1 Å². The highest BCUT2D eigenvalue weighted by molar-refractivity contribution is 6.29. The van der Waals surface area contributed by atoms with Gasteiger partial charge in [0.05, 0.1) is 5.60 Å². The second-order valence-electron chi connectivity index (χ2n) is 5.18. The van der Waals surface area contributed by atoms with Crippen LogP contribution in [0.5, 0.6) is 0 Å². The van der Waals surface area contributed by atoms with Crippen molar-refractivity contribution in [1.29, 1.82) is 0 Å². The molecule has 0 aliphatic rings. The number of aromatic nitrogens is 1. The maximum atomic E-state index is 10.3. The Morgan fingerprint density at radius 3 is 2.72 bits per heavy atom. The number of hydrogen-bond acceptors (Lipinski definition) is 3. The van der Waals surface area contributed by atoms with Gasteiger partial charge >= 0.3 is 0 Å². The summed E-state index contributed by atoms with van der Waals surface area (Å²) in [6.07, 6.45) is 2.66. The Balaban J connectivity index is 2.58. The van der Waals surface area contributed by atoms with Crippen molar-refractivity contribution in [2.75, 3.05) is 6.54 Å². The van der Waals surface area contributed by atoms with Crippen LogP contribution in [0.4, 0.5) is 0 Å². The van der Waals surface area contributed by atoms with E-state index in [0.717, 1.165) is 12.0 Å². The van der Waals surface area contributed by atoms with Crippen LogP contribution in [-0.2, 0) is 0 Å². The zero-order valence-electron chi connectivity index (χ0n) is 11.6. The maximum absolute atomic E-state index is 10.3. The molecule has 0 saturated heterocycles. The van der Waals surface area contributed by atoms with Gasteiger partial charge in [0.15, 0.2) is 0 Å². The zero-order chi connectivity index (χ0) is 13.8. The molecule has 0 radical (unpaired) electrons. The molecule has 1 aromatic heterocycles. The van der Waals surface area contributed by atoms with Gasteiger partial charge in [-0.05, 0) is 37.5 Å². The van der Waals surface area contributed by atoms with Crippen molar-refractivity contribution in [2.45, 2.75) is 45.8 Å². The zero-order valence-corrected chi connectivity index (χ0v) is 12.3. The molecule has 1 aromatic rings. The second kappa shape index (κ2) is 6.50. The minimum absolute atomic E-state index is 0.140. The Bertz CT molecular complexity index is 382. The Labute approximate surface area is 115 Å². The Morgan fingerprint density at radius 1 is 1.50 bits per heavy atom. The van der Waals surface area contributed by atoms with E-state index in [0.29, 0.717) is 11.7 Å². The summed E-state index contributed by atoms with van der Waals surface area (Å²) < 4.78 is 0. The van der Waals surface area contributed by atoms with E-state index < -0.39 is 5.60 Å². The van der Waals surface area contributed by atoms with Crippen molar-refractivity contribution < 1.29 is 5.11 Å². The van der Waals surface area contributed by atoms with Gasteiger partial charge < -0.3 is 10.4 Å². The topological polar surface area (TPSA) is 45.1 Å². The Kier molecular flexibility index (Phi) is 5.57. The molecule has 3 atom stereocenters. The van der Waals surface area contributed by atoms with Crippen LogP contribution in [0.3, 0.4) is 0 Å². The second-order valence-corrected chi connectivity index (χ2v) is 5.57. The maximum Gasteiger partial charge on any atom is 0.129 e. The van der Waals surface area contributed by atoms with E-state index in [2.05, 4.69) is 31.1 Å². The Morgan fingerprint density at radius 2 is 2.17 bits per heavy atom. The third-order valence-corrected chi connectivity index (χ3v) is 3.90. The summed E-state index contributed by atoms with van der Waals surface area (Å²) in [5.74, 6) is 0.262. The summed E-state index contributed by atoms with van der Waals surface area (Å²) in [7, 11) is 0. The number of pyridine rings is 1. The van der Waals surface area contributed by atoms with Gasteiger partial charge in [0.2, 0.25) is 0 Å². The fraction of sp³-hybridized carbons (Fsp3) is 0.643. The molecule has 0 aromatic carbocycles. The van der Waals surface area contributed by atoms with Crippen LogP contribution in [0.25, 0.3) is 0 Å². The molecule has 0 bridgehead atoms. The summed E-state index contributed by atoms with van der Waals surface area (Å²) in [5, 5.41) is 14.2. The number of nitrogens with one attached hydrogen (secondary N) is 1. The first-order chi connectivity index (χ1) is 8.36. The van der Waals surface area contributed by atoms with Crippen molar-refractivity contribution in [1.82, 2.24) is 10.3 Å². The van der Waals surface area contributed by atoms with Gasteiger partial charge in [-0.2, -0.15) is 0 Å². The van der Waals surface area contributed by atoms with E-state index in [1.54, 1.807) is 6.20 Å². The lowest BCUT2D eigenvalue weighted by Crippen LogP contribution is -2.43. The average Bonchev–Trinajstić information content (AvgIpc) is 2.35. The van der Waals surface area contributed by atoms with Gasteiger partial charge in [-0.25, -0.2) is 4.98 Å². The third-order valence-electron chi connectivity index (χ3n) is 3.69. The van der Waals surface area contributed by atoms with Gasteiger partial charge in [0, 0.05) is 18.8 Å². The van der Waals surface area contributed by atoms with Crippen molar-refractivity contribution in [3.05, 3.63) is 29.0 Å². The van der Waals surface area contributed by atoms with Crippen LogP contribution in [0.2, 0.25) is 5.15 Å². The molecule has 0 aliphatic carbocycles. The minimum Gasteiger partial charge on any atom is -0.389 e. The molecule has 1 heterocycles. The van der Waals surface area contributed by atoms with Crippen LogP contribution in [-0.4, -0.2) is 22.2 Å². The summed E-state index contributed by atoms with van der Waals surface area (Å²) >= 11 is 5.86. The smallest absolute Gasteiger partial charge is 0.129 e. The quantitative estimate of drug-likeness (QED) is 0.781. The number of hydrogen-bond donors (Lipinski definition) is 2. The predicted octanol–water partition coefficient (Wildman–Crippen LogP) is 3.18. The third kappa shape index (κ3) is 4.23. The highest BCUT2D eigenvalue weighted by atomic mass is 35.5. The van der Waals surface area contributed by atoms with Gasteiger partial charge in [-0.3, -0.25) is 0 Å². The predicted molar refractivity (Wildman–Crippen MR) is 75.7 cm³/mol. The van der Waals surface area contributed by atoms with Crippen molar-refractivity contribution in [3.8, 4) is 0 Å². The molecule has 0 spiro atoms. The molecule has 0 saturated carbocycles. The van der Waals surface area contributed by atoms with Gasteiger partial charge in [-0.1, -0.05) is 31.9 Å². The summed E-state index contributed by atoms with van der Waals surface area (Å²) in [5.41, 5.74) is 0.384. The highest BCUT2D eigenvalue weighted by Gasteiger charge is 2.27. The molecule has 4 heteroatoms. The van der Waals surface area contributed by atoms with Gasteiger partial charge in [0.1, 0.15) is 5.15 Å². The standard InChI is InChI=1S/C14H23ClN2O/c1-5-10(2)14(4,18)9-17-11(3)12-6-7-16-13(15)8-12/h6-8,10-11,17-18H,5,9H2,1-4H3. The van der Waals surface area contributed by atoms with Gasteiger partial charge in [0.25, 0.3) is 0 Å². The monoisotopic (exact) mass is 270 g/mol. The Hall–Kier alpha value is -0.640. The molecule has 0 fully saturated rings. The molecule has 3 unspecified atom stereocenters. The van der Waals surface area contributed by atoms with E-state index >= 15 is 0 Å².